The molecule has 0 heterocycles. The fraction of sp³-hybridized carbons (Fsp3) is 0.667. The number of carbonyl (C=O) groups excluding carboxylic acids is 1. The molecule has 1 aliphatic rings. The Morgan fingerprint density at radius 1 is 1.41 bits per heavy atom. The molecule has 0 radical (unpaired) electrons. The van der Waals surface area contributed by atoms with Crippen LogP contribution in [0.3, 0.4) is 0 Å². The highest BCUT2D eigenvalue weighted by molar-refractivity contribution is 5.87. The largest absolute Gasteiger partial charge is 0.481 e. The second-order valence-electron chi connectivity index (χ2n) is 4.94. The number of ether oxygens (including phenoxy) is 1. The van der Waals surface area contributed by atoms with Crippen molar-refractivity contribution >= 4 is 11.9 Å². The van der Waals surface area contributed by atoms with Crippen molar-refractivity contribution in [1.29, 1.82) is 0 Å². The van der Waals surface area contributed by atoms with Crippen LogP contribution < -0.4 is 0 Å². The number of hydrogen-bond acceptors (Lipinski definition) is 3. The Labute approximate surface area is 99.5 Å². The van der Waals surface area contributed by atoms with Crippen molar-refractivity contribution in [3.05, 3.63) is 11.9 Å². The van der Waals surface area contributed by atoms with E-state index in [2.05, 4.69) is 4.74 Å². The maximum Gasteiger partial charge on any atom is 0.366 e. The zero-order valence-electron chi connectivity index (χ0n) is 10.4. The molecular formula is C12H17FO4. The molecule has 4 nitrogen and oxygen atoms in total. The molecule has 0 bridgehead atoms. The van der Waals surface area contributed by atoms with Gasteiger partial charge in [-0.15, -0.1) is 0 Å². The first kappa shape index (κ1) is 13.7. The lowest BCUT2D eigenvalue weighted by molar-refractivity contribution is -0.144. The summed E-state index contributed by atoms with van der Waals surface area (Å²) in [4.78, 5) is 22.2. The first-order valence-electron chi connectivity index (χ1n) is 5.47. The first-order valence-corrected chi connectivity index (χ1v) is 5.47. The molecule has 1 aliphatic carbocycles. The summed E-state index contributed by atoms with van der Waals surface area (Å²) < 4.78 is 17.9. The fourth-order valence-electron chi connectivity index (χ4n) is 2.22. The lowest BCUT2D eigenvalue weighted by atomic mass is 9.99. The summed E-state index contributed by atoms with van der Waals surface area (Å²) in [6, 6.07) is 0. The smallest absolute Gasteiger partial charge is 0.366 e. The minimum atomic E-state index is -1.04. The van der Waals surface area contributed by atoms with E-state index in [1.165, 1.54) is 0 Å². The number of rotatable bonds is 4. The zero-order chi connectivity index (χ0) is 13.4. The van der Waals surface area contributed by atoms with Crippen molar-refractivity contribution < 1.29 is 23.8 Å². The summed E-state index contributed by atoms with van der Waals surface area (Å²) in [6.45, 7) is 6.69. The molecule has 0 aromatic carbocycles. The number of carboxylic acid groups (broad SMARTS) is 1. The normalized spacial score (nSPS) is 30.9. The van der Waals surface area contributed by atoms with Crippen molar-refractivity contribution in [2.75, 3.05) is 6.61 Å². The molecule has 0 spiro atoms. The SMILES string of the molecule is CCOC(=O)C(F)=C[C@@H]1C(C)(C)[C@]1(C)C(=O)O. The van der Waals surface area contributed by atoms with Crippen molar-refractivity contribution in [3.8, 4) is 0 Å². The molecule has 0 aliphatic heterocycles. The summed E-state index contributed by atoms with van der Waals surface area (Å²) >= 11 is 0. The van der Waals surface area contributed by atoms with E-state index in [1.54, 1.807) is 27.7 Å². The van der Waals surface area contributed by atoms with Crippen LogP contribution in [0.1, 0.15) is 27.7 Å². The zero-order valence-corrected chi connectivity index (χ0v) is 10.4. The van der Waals surface area contributed by atoms with Gasteiger partial charge in [0.05, 0.1) is 12.0 Å². The topological polar surface area (TPSA) is 63.6 Å². The molecule has 1 rings (SSSR count). The Balaban J connectivity index is 2.88. The van der Waals surface area contributed by atoms with E-state index in [0.717, 1.165) is 6.08 Å². The van der Waals surface area contributed by atoms with Crippen LogP contribution in [-0.4, -0.2) is 23.7 Å². The van der Waals surface area contributed by atoms with Gasteiger partial charge in [-0.2, -0.15) is 4.39 Å². The third-order valence-corrected chi connectivity index (χ3v) is 3.88. The maximum atomic E-state index is 13.4. The highest BCUT2D eigenvalue weighted by atomic mass is 19.1. The molecule has 2 atom stereocenters. The Morgan fingerprint density at radius 2 is 1.94 bits per heavy atom. The van der Waals surface area contributed by atoms with Crippen molar-refractivity contribution in [3.63, 3.8) is 0 Å². The van der Waals surface area contributed by atoms with Crippen LogP contribution in [0, 0.1) is 16.7 Å². The van der Waals surface area contributed by atoms with Crippen LogP contribution >= 0.6 is 0 Å². The van der Waals surface area contributed by atoms with Gasteiger partial charge in [-0.3, -0.25) is 4.79 Å². The third kappa shape index (κ3) is 1.94. The average molecular weight is 244 g/mol. The van der Waals surface area contributed by atoms with Gasteiger partial charge in [-0.1, -0.05) is 13.8 Å². The number of allylic oxidation sites excluding steroid dienone is 1. The second-order valence-corrected chi connectivity index (χ2v) is 4.94. The minimum absolute atomic E-state index is 0.0877. The fourth-order valence-corrected chi connectivity index (χ4v) is 2.22. The number of aliphatic carboxylic acids is 1. The number of carbonyl (C=O) groups is 2. The van der Waals surface area contributed by atoms with Gasteiger partial charge in [0.15, 0.2) is 0 Å². The molecule has 0 saturated heterocycles. The molecule has 0 aromatic heterocycles. The predicted molar refractivity (Wildman–Crippen MR) is 58.8 cm³/mol. The van der Waals surface area contributed by atoms with Gasteiger partial charge in [0.1, 0.15) is 0 Å². The van der Waals surface area contributed by atoms with E-state index in [9.17, 15) is 14.0 Å². The van der Waals surface area contributed by atoms with E-state index >= 15 is 0 Å². The number of halogens is 1. The van der Waals surface area contributed by atoms with Crippen LogP contribution in [-0.2, 0) is 14.3 Å². The number of esters is 1. The summed E-state index contributed by atoms with van der Waals surface area (Å²) in [5.74, 6) is -3.55. The third-order valence-electron chi connectivity index (χ3n) is 3.88. The van der Waals surface area contributed by atoms with Crippen LogP contribution in [0.4, 0.5) is 4.39 Å². The van der Waals surface area contributed by atoms with E-state index in [1.807, 2.05) is 0 Å². The summed E-state index contributed by atoms with van der Waals surface area (Å²) in [5, 5.41) is 9.11. The second kappa shape index (κ2) is 4.13. The van der Waals surface area contributed by atoms with Crippen LogP contribution in [0.5, 0.6) is 0 Å². The van der Waals surface area contributed by atoms with Gasteiger partial charge in [0.25, 0.3) is 0 Å². The minimum Gasteiger partial charge on any atom is -0.481 e. The number of carboxylic acids is 1. The predicted octanol–water partition coefficient (Wildman–Crippen LogP) is 2.15. The van der Waals surface area contributed by atoms with E-state index in [0.29, 0.717) is 0 Å². The van der Waals surface area contributed by atoms with Crippen LogP contribution in [0.2, 0.25) is 0 Å². The maximum absolute atomic E-state index is 13.4. The molecule has 1 N–H and O–H groups in total. The molecule has 1 saturated carbocycles. The summed E-state index contributed by atoms with van der Waals surface area (Å²) in [7, 11) is 0. The lowest BCUT2D eigenvalue weighted by Gasteiger charge is -2.06. The molecule has 0 aromatic rings. The molecule has 17 heavy (non-hydrogen) atoms. The van der Waals surface area contributed by atoms with Gasteiger partial charge in [0, 0.05) is 5.92 Å². The Kier molecular flexibility index (Phi) is 3.32. The van der Waals surface area contributed by atoms with E-state index < -0.39 is 34.5 Å². The van der Waals surface area contributed by atoms with Gasteiger partial charge in [0.2, 0.25) is 5.83 Å². The van der Waals surface area contributed by atoms with Crippen molar-refractivity contribution in [1.82, 2.24) is 0 Å². The van der Waals surface area contributed by atoms with Gasteiger partial charge in [-0.05, 0) is 25.3 Å². The molecule has 1 fully saturated rings. The molecule has 0 unspecified atom stereocenters. The summed E-state index contributed by atoms with van der Waals surface area (Å²) in [5.41, 5.74) is -1.60. The Bertz CT molecular complexity index is 386. The van der Waals surface area contributed by atoms with Crippen molar-refractivity contribution in [2.24, 2.45) is 16.7 Å². The summed E-state index contributed by atoms with van der Waals surface area (Å²) in [6.07, 6.45) is 1.06. The van der Waals surface area contributed by atoms with Gasteiger partial charge >= 0.3 is 11.9 Å². The van der Waals surface area contributed by atoms with Crippen LogP contribution in [0.15, 0.2) is 11.9 Å². The average Bonchev–Trinajstić information content (AvgIpc) is 2.65. The molecule has 96 valence electrons. The van der Waals surface area contributed by atoms with Crippen LogP contribution in [0.25, 0.3) is 0 Å². The molecular weight excluding hydrogens is 227 g/mol. The van der Waals surface area contributed by atoms with Gasteiger partial charge < -0.3 is 9.84 Å². The Hall–Kier alpha value is -1.39. The first-order chi connectivity index (χ1) is 7.69. The highest BCUT2D eigenvalue weighted by Gasteiger charge is 2.72. The van der Waals surface area contributed by atoms with E-state index in [4.69, 9.17) is 5.11 Å². The molecule has 0 amide bonds. The number of hydrogen-bond donors (Lipinski definition) is 1. The quantitative estimate of drug-likeness (QED) is 0.608. The van der Waals surface area contributed by atoms with Gasteiger partial charge in [-0.25, -0.2) is 4.79 Å². The lowest BCUT2D eigenvalue weighted by Crippen LogP contribution is -2.17. The monoisotopic (exact) mass is 244 g/mol. The standard InChI is InChI=1S/C12H17FO4/c1-5-17-9(14)7(13)6-8-11(2,3)12(8,4)10(15)16/h6,8H,5H2,1-4H3,(H,15,16)/t8-,12+/m1/s1. The van der Waals surface area contributed by atoms with Crippen molar-refractivity contribution in [2.45, 2.75) is 27.7 Å². The molecule has 5 heteroatoms. The van der Waals surface area contributed by atoms with E-state index in [-0.39, 0.29) is 6.61 Å². The highest BCUT2D eigenvalue weighted by Crippen LogP contribution is 2.69. The Morgan fingerprint density at radius 3 is 2.29 bits per heavy atom.